The third-order valence-electron chi connectivity index (χ3n) is 1.93. The van der Waals surface area contributed by atoms with E-state index in [1.165, 1.54) is 0 Å². The number of hydrogen-bond acceptors (Lipinski definition) is 3. The molecule has 114 valence electrons. The fourth-order valence-corrected chi connectivity index (χ4v) is 1.26. The first-order valence-electron chi connectivity index (χ1n) is 4.65. The number of aromatic nitrogens is 1. The molecule has 0 saturated carbocycles. The first kappa shape index (κ1) is 16.2. The predicted molar refractivity (Wildman–Crippen MR) is 47.4 cm³/mol. The molecule has 1 rings (SSSR count). The van der Waals surface area contributed by atoms with Gasteiger partial charge in [-0.15, -0.1) is 13.2 Å². The Balaban J connectivity index is 3.56. The van der Waals surface area contributed by atoms with Gasteiger partial charge in [0.1, 0.15) is 5.56 Å². The molecule has 0 radical (unpaired) electrons. The zero-order chi connectivity index (χ0) is 15.7. The van der Waals surface area contributed by atoms with Crippen molar-refractivity contribution in [2.75, 3.05) is 7.11 Å². The molecule has 0 aliphatic carbocycles. The second-order valence-corrected chi connectivity index (χ2v) is 3.28. The third kappa shape index (κ3) is 3.84. The van der Waals surface area contributed by atoms with E-state index in [1.54, 1.807) is 0 Å². The molecular weight excluding hydrogens is 306 g/mol. The number of alkyl halides is 8. The maximum absolute atomic E-state index is 12.6. The highest BCUT2D eigenvalue weighted by Crippen LogP contribution is 2.43. The van der Waals surface area contributed by atoms with E-state index in [9.17, 15) is 35.1 Å². The fourth-order valence-electron chi connectivity index (χ4n) is 1.26. The summed E-state index contributed by atoms with van der Waals surface area (Å²) < 4.78 is 106. The van der Waals surface area contributed by atoms with Gasteiger partial charge in [-0.05, 0) is 0 Å². The van der Waals surface area contributed by atoms with Gasteiger partial charge in [0, 0.05) is 11.6 Å². The van der Waals surface area contributed by atoms with E-state index in [4.69, 9.17) is 0 Å². The van der Waals surface area contributed by atoms with Gasteiger partial charge < -0.3 is 9.47 Å². The summed E-state index contributed by atoms with van der Waals surface area (Å²) in [6.07, 6.45) is -14.7. The maximum atomic E-state index is 12.6. The summed E-state index contributed by atoms with van der Waals surface area (Å²) in [5.41, 5.74) is -4.02. The quantitative estimate of drug-likeness (QED) is 0.792. The number of halogens is 8. The summed E-state index contributed by atoms with van der Waals surface area (Å²) in [6.45, 7) is 0. The Morgan fingerprint density at radius 1 is 1.10 bits per heavy atom. The first-order valence-corrected chi connectivity index (χ1v) is 4.65. The molecule has 0 atom stereocenters. The summed E-state index contributed by atoms with van der Waals surface area (Å²) in [5, 5.41) is 0. The Labute approximate surface area is 106 Å². The second kappa shape index (κ2) is 5.29. The van der Waals surface area contributed by atoms with Crippen LogP contribution in [0.2, 0.25) is 0 Å². The number of nitrogens with zero attached hydrogens (tertiary/aromatic N) is 1. The average molecular weight is 311 g/mol. The second-order valence-electron chi connectivity index (χ2n) is 3.28. The van der Waals surface area contributed by atoms with E-state index in [0.717, 1.165) is 7.11 Å². The summed E-state index contributed by atoms with van der Waals surface area (Å²) in [4.78, 5) is 2.77. The van der Waals surface area contributed by atoms with E-state index < -0.39 is 41.9 Å². The summed E-state index contributed by atoms with van der Waals surface area (Å²) in [5.74, 6) is -2.91. The van der Waals surface area contributed by atoms with Crippen molar-refractivity contribution in [2.45, 2.75) is 19.0 Å². The van der Waals surface area contributed by atoms with Crippen molar-refractivity contribution in [3.8, 4) is 11.8 Å². The molecule has 0 aliphatic rings. The van der Waals surface area contributed by atoms with Crippen LogP contribution in [0, 0.1) is 0 Å². The molecule has 0 N–H and O–H groups in total. The highest BCUT2D eigenvalue weighted by molar-refractivity contribution is 5.42. The molecule has 1 aromatic heterocycles. The van der Waals surface area contributed by atoms with Crippen LogP contribution in [0.5, 0.6) is 11.8 Å². The smallest absolute Gasteiger partial charge is 0.481 e. The fraction of sp³-hybridized carbons (Fsp3) is 0.444. The number of hydrogen-bond donors (Lipinski definition) is 0. The minimum Gasteiger partial charge on any atom is -0.481 e. The summed E-state index contributed by atoms with van der Waals surface area (Å²) in [6, 6.07) is 0.191. The number of methoxy groups -OCH3 is 1. The molecule has 0 spiro atoms. The lowest BCUT2D eigenvalue weighted by molar-refractivity contribution is -0.278. The van der Waals surface area contributed by atoms with Crippen molar-refractivity contribution in [2.24, 2.45) is 0 Å². The standard InChI is InChI=1S/C9H5F8NO2/c1-19-4-2-3(6(10)11)5(8(12,13)14)7(18-4)20-9(15,16)17/h2,6H,1H3. The maximum Gasteiger partial charge on any atom is 0.574 e. The van der Waals surface area contributed by atoms with Crippen LogP contribution in [-0.4, -0.2) is 18.5 Å². The Hall–Kier alpha value is -1.81. The van der Waals surface area contributed by atoms with Gasteiger partial charge >= 0.3 is 12.5 Å². The largest absolute Gasteiger partial charge is 0.574 e. The van der Waals surface area contributed by atoms with Gasteiger partial charge in [-0.2, -0.15) is 18.2 Å². The molecule has 0 bridgehead atoms. The number of pyridine rings is 1. The van der Waals surface area contributed by atoms with E-state index in [-0.39, 0.29) is 6.07 Å². The Morgan fingerprint density at radius 3 is 2.00 bits per heavy atom. The zero-order valence-electron chi connectivity index (χ0n) is 9.44. The van der Waals surface area contributed by atoms with E-state index in [1.807, 2.05) is 0 Å². The van der Waals surface area contributed by atoms with Crippen LogP contribution in [0.25, 0.3) is 0 Å². The van der Waals surface area contributed by atoms with Crippen molar-refractivity contribution in [3.63, 3.8) is 0 Å². The molecule has 20 heavy (non-hydrogen) atoms. The molecule has 0 aromatic carbocycles. The lowest BCUT2D eigenvalue weighted by Crippen LogP contribution is -2.22. The summed E-state index contributed by atoms with van der Waals surface area (Å²) >= 11 is 0. The molecule has 0 aliphatic heterocycles. The van der Waals surface area contributed by atoms with Gasteiger partial charge in [-0.1, -0.05) is 0 Å². The monoisotopic (exact) mass is 311 g/mol. The van der Waals surface area contributed by atoms with Crippen LogP contribution in [-0.2, 0) is 6.18 Å². The van der Waals surface area contributed by atoms with Crippen LogP contribution in [0.1, 0.15) is 17.6 Å². The third-order valence-corrected chi connectivity index (χ3v) is 1.93. The normalized spacial score (nSPS) is 12.7. The Kier molecular flexibility index (Phi) is 4.30. The van der Waals surface area contributed by atoms with Crippen LogP contribution < -0.4 is 9.47 Å². The molecule has 1 heterocycles. The van der Waals surface area contributed by atoms with E-state index in [2.05, 4.69) is 14.5 Å². The molecule has 0 saturated heterocycles. The minimum absolute atomic E-state index is 0.191. The van der Waals surface area contributed by atoms with Crippen molar-refractivity contribution >= 4 is 0 Å². The highest BCUT2D eigenvalue weighted by Gasteiger charge is 2.44. The van der Waals surface area contributed by atoms with Crippen LogP contribution in [0.4, 0.5) is 35.1 Å². The zero-order valence-corrected chi connectivity index (χ0v) is 9.44. The van der Waals surface area contributed by atoms with Crippen LogP contribution in [0.3, 0.4) is 0 Å². The first-order chi connectivity index (χ1) is 8.95. The van der Waals surface area contributed by atoms with Gasteiger partial charge in [0.25, 0.3) is 6.43 Å². The summed E-state index contributed by atoms with van der Waals surface area (Å²) in [7, 11) is 0.836. The van der Waals surface area contributed by atoms with Crippen LogP contribution >= 0.6 is 0 Å². The van der Waals surface area contributed by atoms with E-state index >= 15 is 0 Å². The minimum atomic E-state index is -5.53. The van der Waals surface area contributed by atoms with Gasteiger partial charge in [0.15, 0.2) is 0 Å². The van der Waals surface area contributed by atoms with E-state index in [0.29, 0.717) is 0 Å². The Bertz CT molecular complexity index is 482. The van der Waals surface area contributed by atoms with Crippen molar-refractivity contribution in [1.82, 2.24) is 4.98 Å². The van der Waals surface area contributed by atoms with Crippen molar-refractivity contribution < 1.29 is 44.6 Å². The number of ether oxygens (including phenoxy) is 2. The highest BCUT2D eigenvalue weighted by atomic mass is 19.4. The predicted octanol–water partition coefficient (Wildman–Crippen LogP) is 3.95. The lowest BCUT2D eigenvalue weighted by Gasteiger charge is -2.18. The van der Waals surface area contributed by atoms with Gasteiger partial charge in [0.05, 0.1) is 7.11 Å². The van der Waals surface area contributed by atoms with Gasteiger partial charge in [-0.3, -0.25) is 0 Å². The molecular formula is C9H5F8NO2. The molecule has 1 aromatic rings. The molecule has 11 heteroatoms. The average Bonchev–Trinajstić information content (AvgIpc) is 2.23. The molecule has 3 nitrogen and oxygen atoms in total. The van der Waals surface area contributed by atoms with Gasteiger partial charge in [-0.25, -0.2) is 8.78 Å². The SMILES string of the molecule is COc1cc(C(F)F)c(C(F)(F)F)c(OC(F)(F)F)n1. The molecule has 0 amide bonds. The number of rotatable bonds is 3. The Morgan fingerprint density at radius 2 is 1.65 bits per heavy atom. The van der Waals surface area contributed by atoms with Crippen LogP contribution in [0.15, 0.2) is 6.07 Å². The topological polar surface area (TPSA) is 31.4 Å². The lowest BCUT2D eigenvalue weighted by atomic mass is 10.1. The molecule has 0 unspecified atom stereocenters. The van der Waals surface area contributed by atoms with Gasteiger partial charge in [0.2, 0.25) is 11.8 Å². The van der Waals surface area contributed by atoms with Crippen molar-refractivity contribution in [1.29, 1.82) is 0 Å². The van der Waals surface area contributed by atoms with Crippen molar-refractivity contribution in [3.05, 3.63) is 17.2 Å². The molecule has 0 fully saturated rings.